The molecule has 2 aromatic rings. The molecule has 0 aliphatic rings. The van der Waals surface area contributed by atoms with Gasteiger partial charge in [0.2, 0.25) is 0 Å². The Labute approximate surface area is 148 Å². The number of carbonyl (C=O) groups excluding carboxylic acids is 2. The van der Waals surface area contributed by atoms with E-state index in [0.29, 0.717) is 0 Å². The van der Waals surface area contributed by atoms with E-state index in [9.17, 15) is 9.59 Å². The summed E-state index contributed by atoms with van der Waals surface area (Å²) < 4.78 is 10.0. The molecular weight excluding hydrogens is 481 g/mol. The zero-order valence-corrected chi connectivity index (χ0v) is 17.9. The van der Waals surface area contributed by atoms with Crippen LogP contribution in [-0.4, -0.2) is 11.9 Å². The maximum atomic E-state index is 11.5. The Morgan fingerprint density at radius 3 is 1.48 bits per heavy atom. The fourth-order valence-electron chi connectivity index (χ4n) is 1.70. The molecule has 5 heteroatoms. The van der Waals surface area contributed by atoms with Crippen LogP contribution in [0.2, 0.25) is 0 Å². The van der Waals surface area contributed by atoms with Gasteiger partial charge in [0.05, 0.1) is 0 Å². The Kier molecular flexibility index (Phi) is 7.26. The molecule has 0 aliphatic carbocycles. The van der Waals surface area contributed by atoms with Crippen LogP contribution in [0.4, 0.5) is 0 Å². The molecule has 0 saturated heterocycles. The first kappa shape index (κ1) is 17.2. The first-order chi connectivity index (χ1) is 11.2. The zero-order chi connectivity index (χ0) is 16.3. The topological polar surface area (TPSA) is 52.6 Å². The van der Waals surface area contributed by atoms with Crippen molar-refractivity contribution < 1.29 is 40.4 Å². The van der Waals surface area contributed by atoms with Crippen molar-refractivity contribution in [2.24, 2.45) is 0 Å². The molecule has 0 unspecified atom stereocenters. The van der Waals surface area contributed by atoms with Gasteiger partial charge in [-0.2, -0.15) is 0 Å². The summed E-state index contributed by atoms with van der Waals surface area (Å²) in [6.07, 6.45) is 5.99. The minimum absolute atomic E-state index is 0.477. The number of hydrogen-bond donors (Lipinski definition) is 0. The molecule has 0 spiro atoms. The van der Waals surface area contributed by atoms with E-state index in [4.69, 9.17) is 5.29 Å². The Bertz CT molecular complexity index is 632. The zero-order valence-electron chi connectivity index (χ0n) is 12.4. The van der Waals surface area contributed by atoms with Gasteiger partial charge < -0.3 is 0 Å². The van der Waals surface area contributed by atoms with Gasteiger partial charge in [0.15, 0.2) is 0 Å². The van der Waals surface area contributed by atoms with Gasteiger partial charge in [0, 0.05) is 0 Å². The van der Waals surface area contributed by atoms with Crippen molar-refractivity contribution in [3.63, 3.8) is 0 Å². The Morgan fingerprint density at radius 1 is 0.696 bits per heavy atom. The van der Waals surface area contributed by atoms with Gasteiger partial charge in [0.25, 0.3) is 0 Å². The van der Waals surface area contributed by atoms with Gasteiger partial charge in [0.1, 0.15) is 0 Å². The summed E-state index contributed by atoms with van der Waals surface area (Å²) >= 11 is -2.44. The van der Waals surface area contributed by atoms with E-state index >= 15 is 0 Å². The fourth-order valence-corrected chi connectivity index (χ4v) is 3.58. The second-order valence-electron chi connectivity index (χ2n) is 4.53. The summed E-state index contributed by atoms with van der Waals surface area (Å²) in [5.41, 5.74) is 1.81. The van der Waals surface area contributed by atoms with Crippen molar-refractivity contribution in [3.05, 3.63) is 83.9 Å². The van der Waals surface area contributed by atoms with Gasteiger partial charge in [-0.05, 0) is 0 Å². The second kappa shape index (κ2) is 9.74. The molecule has 0 bridgehead atoms. The van der Waals surface area contributed by atoms with Gasteiger partial charge in [-0.3, -0.25) is 0 Å². The molecule has 2 rings (SSSR count). The van der Waals surface area contributed by atoms with Crippen molar-refractivity contribution in [2.45, 2.75) is 0 Å². The van der Waals surface area contributed by atoms with Crippen molar-refractivity contribution in [1.82, 2.24) is 0 Å². The van der Waals surface area contributed by atoms with Gasteiger partial charge in [-0.25, -0.2) is 0 Å². The predicted octanol–water partition coefficient (Wildman–Crippen LogP) is 3.41. The third kappa shape index (κ3) is 7.06. The Balaban J connectivity index is 1.70. The number of benzene rings is 2. The summed E-state index contributed by atoms with van der Waals surface area (Å²) in [6, 6.07) is 18.8. The van der Waals surface area contributed by atoms with Crippen LogP contribution < -0.4 is 0 Å². The van der Waals surface area contributed by atoms with E-state index in [1.54, 1.807) is 12.2 Å². The molecule has 0 aromatic heterocycles. The van der Waals surface area contributed by atoms with E-state index in [2.05, 4.69) is 0 Å². The molecule has 0 heterocycles. The third-order valence-electron chi connectivity index (χ3n) is 2.83. The van der Waals surface area contributed by atoms with Crippen molar-refractivity contribution in [2.75, 3.05) is 0 Å². The molecule has 112 valence electrons. The monoisotopic (exact) mass is 496 g/mol. The van der Waals surface area contributed by atoms with E-state index in [0.717, 1.165) is 11.1 Å². The van der Waals surface area contributed by atoms with Crippen LogP contribution in [0.1, 0.15) is 11.1 Å². The summed E-state index contributed by atoms with van der Waals surface area (Å²) in [5.74, 6) is -0.953. The first-order valence-corrected chi connectivity index (χ1v) is 11.5. The molecule has 23 heavy (non-hydrogen) atoms. The molecule has 4 nitrogen and oxygen atoms in total. The average molecular weight is 495 g/mol. The van der Waals surface area contributed by atoms with Crippen LogP contribution in [0.15, 0.2) is 72.8 Å². The molecule has 0 saturated carbocycles. The Hall–Kier alpha value is -2.20. The summed E-state index contributed by atoms with van der Waals surface area (Å²) in [7, 11) is 0. The van der Waals surface area contributed by atoms with Crippen LogP contribution in [-0.2, 0) is 40.4 Å². The summed E-state index contributed by atoms with van der Waals surface area (Å²) in [5, 5.41) is 0. The molecular formula is C18H14HgO4. The average Bonchev–Trinajstić information content (AvgIpc) is 2.60. The van der Waals surface area contributed by atoms with Crippen LogP contribution in [0.25, 0.3) is 12.2 Å². The van der Waals surface area contributed by atoms with E-state index in [1.165, 1.54) is 12.2 Å². The second-order valence-corrected chi connectivity index (χ2v) is 7.69. The standard InChI is InChI=1S/2C9H8O2.Hg/c2*10-9(11)7-6-8-4-2-1-3-5-8;/h2*1-7H,(H,10,11);/q;;+2/p-2/b2*7-6+;. The van der Waals surface area contributed by atoms with Crippen LogP contribution in [0.3, 0.4) is 0 Å². The van der Waals surface area contributed by atoms with E-state index in [1.807, 2.05) is 60.7 Å². The van der Waals surface area contributed by atoms with Gasteiger partial charge in [-0.15, -0.1) is 0 Å². The predicted molar refractivity (Wildman–Crippen MR) is 83.1 cm³/mol. The molecule has 0 N–H and O–H groups in total. The summed E-state index contributed by atoms with van der Waals surface area (Å²) in [6.45, 7) is 0. The quantitative estimate of drug-likeness (QED) is 0.456. The molecule has 0 radical (unpaired) electrons. The third-order valence-corrected chi connectivity index (χ3v) is 5.95. The van der Waals surface area contributed by atoms with Crippen molar-refractivity contribution in [1.29, 1.82) is 0 Å². The Morgan fingerprint density at radius 2 is 1.09 bits per heavy atom. The van der Waals surface area contributed by atoms with Crippen molar-refractivity contribution >= 4 is 24.1 Å². The number of hydrogen-bond acceptors (Lipinski definition) is 4. The molecule has 0 atom stereocenters. The van der Waals surface area contributed by atoms with Gasteiger partial charge >= 0.3 is 148 Å². The first-order valence-electron chi connectivity index (χ1n) is 7.04. The minimum atomic E-state index is -2.44. The van der Waals surface area contributed by atoms with Crippen molar-refractivity contribution in [3.8, 4) is 0 Å². The fraction of sp³-hybridized carbons (Fsp3) is 0. The van der Waals surface area contributed by atoms with Crippen LogP contribution >= 0.6 is 0 Å². The molecule has 0 amide bonds. The van der Waals surface area contributed by atoms with Crippen LogP contribution in [0.5, 0.6) is 0 Å². The molecule has 0 aliphatic heterocycles. The maximum absolute atomic E-state index is 11.5. The normalized spacial score (nSPS) is 10.4. The number of carbonyl (C=O) groups is 2. The van der Waals surface area contributed by atoms with E-state index in [-0.39, 0.29) is 0 Å². The van der Waals surface area contributed by atoms with Crippen LogP contribution in [0, 0.1) is 0 Å². The number of rotatable bonds is 6. The molecule has 2 aromatic carbocycles. The van der Waals surface area contributed by atoms with E-state index < -0.39 is 37.4 Å². The summed E-state index contributed by atoms with van der Waals surface area (Å²) in [4.78, 5) is 23.0. The SMILES string of the molecule is O=C(/C=C/c1ccccc1)[O][Hg][O]C(=O)/C=C/c1ccccc1. The molecule has 0 fully saturated rings. The van der Waals surface area contributed by atoms with Gasteiger partial charge in [-0.1, -0.05) is 0 Å².